The predicted molar refractivity (Wildman–Crippen MR) is 64.9 cm³/mol. The summed E-state index contributed by atoms with van der Waals surface area (Å²) in [5.41, 5.74) is 0.363. The number of quaternary nitrogens is 1. The summed E-state index contributed by atoms with van der Waals surface area (Å²) in [5, 5.41) is 0. The number of fused-ring (bicyclic) bond motifs is 2. The van der Waals surface area contributed by atoms with Gasteiger partial charge >= 0.3 is 0 Å². The van der Waals surface area contributed by atoms with Crippen molar-refractivity contribution in [2.24, 2.45) is 0 Å². The van der Waals surface area contributed by atoms with E-state index in [4.69, 9.17) is 0 Å². The lowest BCUT2D eigenvalue weighted by Gasteiger charge is -2.48. The zero-order valence-electron chi connectivity index (χ0n) is 11.1. The topological polar surface area (TPSA) is 3.24 Å². The molecule has 0 aromatic heterocycles. The van der Waals surface area contributed by atoms with Gasteiger partial charge in [-0.25, -0.2) is 0 Å². The third-order valence-corrected chi connectivity index (χ3v) is 4.67. The molecule has 2 fully saturated rings. The molecule has 0 aliphatic carbocycles. The Kier molecular flexibility index (Phi) is 2.63. The quantitative estimate of drug-likeness (QED) is 0.600. The molecule has 2 aliphatic heterocycles. The molecule has 0 N–H and O–H groups in total. The van der Waals surface area contributed by atoms with Crippen LogP contribution >= 0.6 is 0 Å². The monoisotopic (exact) mass is 211 g/mol. The standard InChI is InChI=1S/C13H27N2/c1-11(2)15-8-6-12(10-15)14(7-9-15)13(3,4)5/h11-12H,6-10H2,1-5H3/q+1. The molecule has 0 amide bonds. The highest BCUT2D eigenvalue weighted by atomic mass is 15.5. The van der Waals surface area contributed by atoms with Crippen molar-refractivity contribution in [2.75, 3.05) is 26.2 Å². The van der Waals surface area contributed by atoms with Crippen LogP contribution in [0.1, 0.15) is 41.0 Å². The maximum absolute atomic E-state index is 2.74. The van der Waals surface area contributed by atoms with Gasteiger partial charge in [0.05, 0.1) is 31.7 Å². The maximum atomic E-state index is 2.74. The lowest BCUT2D eigenvalue weighted by Crippen LogP contribution is -2.63. The van der Waals surface area contributed by atoms with E-state index in [1.54, 1.807) is 0 Å². The Morgan fingerprint density at radius 3 is 2.40 bits per heavy atom. The molecule has 0 aromatic rings. The SMILES string of the molecule is CC(C)[N+]12CCC(C1)N(C(C)(C)C)CC2. The molecule has 0 spiro atoms. The molecule has 0 saturated carbocycles. The maximum Gasteiger partial charge on any atom is 0.0949 e. The van der Waals surface area contributed by atoms with Crippen LogP contribution in [0.2, 0.25) is 0 Å². The second kappa shape index (κ2) is 3.46. The van der Waals surface area contributed by atoms with E-state index in [-0.39, 0.29) is 0 Å². The molecule has 2 saturated heterocycles. The normalized spacial score (nSPS) is 37.6. The van der Waals surface area contributed by atoms with Gasteiger partial charge in [-0.05, 0) is 34.6 Å². The molecule has 2 atom stereocenters. The Morgan fingerprint density at radius 2 is 1.87 bits per heavy atom. The highest BCUT2D eigenvalue weighted by Gasteiger charge is 2.49. The van der Waals surface area contributed by atoms with Gasteiger partial charge in [0.2, 0.25) is 0 Å². The van der Waals surface area contributed by atoms with Crippen LogP contribution in [0.3, 0.4) is 0 Å². The largest absolute Gasteiger partial charge is 0.319 e. The Hall–Kier alpha value is -0.0800. The summed E-state index contributed by atoms with van der Waals surface area (Å²) < 4.78 is 1.39. The fourth-order valence-electron chi connectivity index (χ4n) is 3.57. The summed E-state index contributed by atoms with van der Waals surface area (Å²) in [6, 6.07) is 1.67. The molecule has 88 valence electrons. The summed E-state index contributed by atoms with van der Waals surface area (Å²) in [7, 11) is 0. The summed E-state index contributed by atoms with van der Waals surface area (Å²) in [6.45, 7) is 17.4. The van der Waals surface area contributed by atoms with Crippen molar-refractivity contribution in [3.63, 3.8) is 0 Å². The Bertz CT molecular complexity index is 241. The molecular weight excluding hydrogens is 184 g/mol. The highest BCUT2D eigenvalue weighted by Crippen LogP contribution is 2.34. The first-order chi connectivity index (χ1) is 6.85. The number of nitrogens with zero attached hydrogens (tertiary/aromatic N) is 2. The minimum Gasteiger partial charge on any atom is -0.319 e. The third kappa shape index (κ3) is 1.83. The molecule has 2 rings (SSSR count). The Morgan fingerprint density at radius 1 is 1.20 bits per heavy atom. The first kappa shape index (κ1) is 11.4. The Balaban J connectivity index is 2.12. The van der Waals surface area contributed by atoms with Gasteiger partial charge in [-0.15, -0.1) is 0 Å². The number of rotatable bonds is 1. The lowest BCUT2D eigenvalue weighted by molar-refractivity contribution is -0.940. The molecule has 2 unspecified atom stereocenters. The van der Waals surface area contributed by atoms with E-state index in [0.29, 0.717) is 5.54 Å². The minimum absolute atomic E-state index is 0.363. The number of piperazine rings is 1. The van der Waals surface area contributed by atoms with E-state index >= 15 is 0 Å². The number of hydrogen-bond acceptors (Lipinski definition) is 1. The zero-order chi connectivity index (χ0) is 11.3. The molecule has 0 aromatic carbocycles. The van der Waals surface area contributed by atoms with E-state index in [9.17, 15) is 0 Å². The van der Waals surface area contributed by atoms with Gasteiger partial charge in [0.1, 0.15) is 0 Å². The molecule has 2 nitrogen and oxygen atoms in total. The first-order valence-electron chi connectivity index (χ1n) is 6.48. The van der Waals surface area contributed by atoms with Crippen molar-refractivity contribution in [3.05, 3.63) is 0 Å². The van der Waals surface area contributed by atoms with Crippen LogP contribution in [-0.4, -0.2) is 53.2 Å². The summed E-state index contributed by atoms with van der Waals surface area (Å²) in [6.07, 6.45) is 1.41. The second-order valence-electron chi connectivity index (χ2n) is 6.75. The van der Waals surface area contributed by atoms with Gasteiger partial charge in [-0.3, -0.25) is 4.90 Å². The number of hydrogen-bond donors (Lipinski definition) is 0. The molecular formula is C13H27N2+. The van der Waals surface area contributed by atoms with Crippen molar-refractivity contribution in [1.29, 1.82) is 0 Å². The molecule has 15 heavy (non-hydrogen) atoms. The van der Waals surface area contributed by atoms with Gasteiger partial charge in [0.15, 0.2) is 0 Å². The fourth-order valence-corrected chi connectivity index (χ4v) is 3.57. The minimum atomic E-state index is 0.363. The third-order valence-electron chi connectivity index (χ3n) is 4.67. The second-order valence-corrected chi connectivity index (χ2v) is 6.75. The molecule has 0 radical (unpaired) electrons. The van der Waals surface area contributed by atoms with Crippen LogP contribution in [-0.2, 0) is 0 Å². The predicted octanol–water partition coefficient (Wildman–Crippen LogP) is 2.10. The molecule has 2 aliphatic rings. The lowest BCUT2D eigenvalue weighted by atomic mass is 10.0. The van der Waals surface area contributed by atoms with Crippen LogP contribution in [0.25, 0.3) is 0 Å². The zero-order valence-corrected chi connectivity index (χ0v) is 11.1. The summed E-state index contributed by atoms with van der Waals surface area (Å²) in [4.78, 5) is 2.74. The van der Waals surface area contributed by atoms with E-state index < -0.39 is 0 Å². The fraction of sp³-hybridized carbons (Fsp3) is 1.00. The van der Waals surface area contributed by atoms with Crippen LogP contribution in [0.5, 0.6) is 0 Å². The van der Waals surface area contributed by atoms with Gasteiger partial charge in [0, 0.05) is 18.5 Å². The van der Waals surface area contributed by atoms with Crippen molar-refractivity contribution >= 4 is 0 Å². The van der Waals surface area contributed by atoms with Crippen molar-refractivity contribution in [2.45, 2.75) is 58.7 Å². The van der Waals surface area contributed by atoms with Gasteiger partial charge in [-0.1, -0.05) is 0 Å². The van der Waals surface area contributed by atoms with Crippen LogP contribution < -0.4 is 0 Å². The van der Waals surface area contributed by atoms with E-state index in [2.05, 4.69) is 39.5 Å². The van der Waals surface area contributed by atoms with Crippen LogP contribution in [0, 0.1) is 0 Å². The first-order valence-corrected chi connectivity index (χ1v) is 6.48. The Labute approximate surface area is 94.8 Å². The average molecular weight is 211 g/mol. The highest BCUT2D eigenvalue weighted by molar-refractivity contribution is 4.89. The molecule has 2 bridgehead atoms. The van der Waals surface area contributed by atoms with Crippen molar-refractivity contribution in [3.8, 4) is 0 Å². The van der Waals surface area contributed by atoms with Crippen LogP contribution in [0.15, 0.2) is 0 Å². The van der Waals surface area contributed by atoms with Crippen molar-refractivity contribution < 1.29 is 4.48 Å². The molecule has 2 heteroatoms. The van der Waals surface area contributed by atoms with E-state index in [1.807, 2.05) is 0 Å². The average Bonchev–Trinajstić information content (AvgIpc) is 2.43. The van der Waals surface area contributed by atoms with E-state index in [0.717, 1.165) is 12.1 Å². The van der Waals surface area contributed by atoms with Gasteiger partial charge < -0.3 is 4.48 Å². The van der Waals surface area contributed by atoms with Crippen LogP contribution in [0.4, 0.5) is 0 Å². The molecule has 2 heterocycles. The summed E-state index contributed by atoms with van der Waals surface area (Å²) in [5.74, 6) is 0. The van der Waals surface area contributed by atoms with Crippen molar-refractivity contribution in [1.82, 2.24) is 4.90 Å². The van der Waals surface area contributed by atoms with E-state index in [1.165, 1.54) is 37.1 Å². The summed E-state index contributed by atoms with van der Waals surface area (Å²) >= 11 is 0. The smallest absolute Gasteiger partial charge is 0.0949 e. The van der Waals surface area contributed by atoms with Gasteiger partial charge in [0.25, 0.3) is 0 Å². The van der Waals surface area contributed by atoms with Gasteiger partial charge in [-0.2, -0.15) is 0 Å².